The highest BCUT2D eigenvalue weighted by molar-refractivity contribution is 7.18. The predicted molar refractivity (Wildman–Crippen MR) is 124 cm³/mol. The van der Waals surface area contributed by atoms with Crippen LogP contribution < -0.4 is 15.0 Å². The number of hydrogen-bond acceptors (Lipinski definition) is 5. The van der Waals surface area contributed by atoms with E-state index in [0.717, 1.165) is 40.6 Å². The molecular formula is C25H24N2O3S. The standard InChI is InChI=1S/C25H24N2O3S/c1-15(16-8-4-3-5-9-16)30-19-13-12-17(14-20(19)29-2)23-26-24(28)22-18-10-6-7-11-21(18)31-25(22)27-23/h3-5,8-9,12-15H,6-7,10-11H2,1-2H3,(H,26,27,28)/t15-/m1/s1. The van der Waals surface area contributed by atoms with E-state index in [-0.39, 0.29) is 11.7 Å². The molecule has 0 amide bonds. The molecule has 158 valence electrons. The van der Waals surface area contributed by atoms with E-state index in [1.165, 1.54) is 16.9 Å². The number of benzene rings is 2. The second kappa shape index (κ2) is 8.19. The first-order valence-corrected chi connectivity index (χ1v) is 11.4. The third kappa shape index (κ3) is 3.72. The first kappa shape index (κ1) is 19.8. The Morgan fingerprint density at radius 2 is 1.87 bits per heavy atom. The van der Waals surface area contributed by atoms with Crippen LogP contribution in [0.5, 0.6) is 11.5 Å². The fraction of sp³-hybridized carbons (Fsp3) is 0.280. The second-order valence-electron chi connectivity index (χ2n) is 7.84. The van der Waals surface area contributed by atoms with E-state index in [1.54, 1.807) is 18.4 Å². The molecule has 1 N–H and O–H groups in total. The van der Waals surface area contributed by atoms with Crippen molar-refractivity contribution in [2.45, 2.75) is 38.7 Å². The van der Waals surface area contributed by atoms with Gasteiger partial charge in [-0.05, 0) is 61.9 Å². The maximum atomic E-state index is 12.9. The van der Waals surface area contributed by atoms with Gasteiger partial charge in [0.2, 0.25) is 0 Å². The van der Waals surface area contributed by atoms with Crippen LogP contribution in [-0.2, 0) is 12.8 Å². The van der Waals surface area contributed by atoms with Gasteiger partial charge in [0, 0.05) is 10.4 Å². The molecule has 0 bridgehead atoms. The SMILES string of the molecule is COc1cc(-c2nc3sc4c(c3c(=O)[nH]2)CCCC4)ccc1O[C@H](C)c1ccccc1. The number of nitrogens with one attached hydrogen (secondary N) is 1. The lowest BCUT2D eigenvalue weighted by molar-refractivity contribution is 0.216. The Morgan fingerprint density at radius 3 is 2.68 bits per heavy atom. The highest BCUT2D eigenvalue weighted by Gasteiger charge is 2.20. The van der Waals surface area contributed by atoms with Gasteiger partial charge in [0.15, 0.2) is 11.5 Å². The smallest absolute Gasteiger partial charge is 0.260 e. The Morgan fingerprint density at radius 1 is 1.06 bits per heavy atom. The number of hydrogen-bond donors (Lipinski definition) is 1. The first-order valence-electron chi connectivity index (χ1n) is 10.6. The minimum absolute atomic E-state index is 0.0589. The molecule has 4 aromatic rings. The van der Waals surface area contributed by atoms with E-state index >= 15 is 0 Å². The average Bonchev–Trinajstić information content (AvgIpc) is 3.19. The Balaban J connectivity index is 1.49. The van der Waals surface area contributed by atoms with Crippen molar-refractivity contribution in [2.75, 3.05) is 7.11 Å². The van der Waals surface area contributed by atoms with Gasteiger partial charge < -0.3 is 14.5 Å². The summed E-state index contributed by atoms with van der Waals surface area (Å²) in [6, 6.07) is 15.7. The molecule has 0 aliphatic heterocycles. The Hall–Kier alpha value is -3.12. The zero-order valence-corrected chi connectivity index (χ0v) is 18.4. The van der Waals surface area contributed by atoms with E-state index < -0.39 is 0 Å². The number of H-pyrrole nitrogens is 1. The molecule has 1 aliphatic rings. The summed E-state index contributed by atoms with van der Waals surface area (Å²) in [7, 11) is 1.62. The van der Waals surface area contributed by atoms with Crippen LogP contribution in [0, 0.1) is 0 Å². The summed E-state index contributed by atoms with van der Waals surface area (Å²) in [5.74, 6) is 1.81. The maximum Gasteiger partial charge on any atom is 0.260 e. The Bertz CT molecular complexity index is 1290. The molecule has 0 fully saturated rings. The van der Waals surface area contributed by atoms with Crippen LogP contribution in [0.3, 0.4) is 0 Å². The number of aromatic amines is 1. The fourth-order valence-electron chi connectivity index (χ4n) is 4.20. The molecule has 6 heteroatoms. The minimum Gasteiger partial charge on any atom is -0.493 e. The van der Waals surface area contributed by atoms with Gasteiger partial charge in [-0.3, -0.25) is 4.79 Å². The van der Waals surface area contributed by atoms with Crippen LogP contribution in [0.2, 0.25) is 0 Å². The number of methoxy groups -OCH3 is 1. The van der Waals surface area contributed by atoms with Crippen LogP contribution in [0.25, 0.3) is 21.6 Å². The molecule has 1 atom stereocenters. The summed E-state index contributed by atoms with van der Waals surface area (Å²) in [5, 5.41) is 0.770. The number of rotatable bonds is 5. The molecule has 2 aromatic heterocycles. The summed E-state index contributed by atoms with van der Waals surface area (Å²) < 4.78 is 11.7. The van der Waals surface area contributed by atoms with Crippen molar-refractivity contribution in [1.82, 2.24) is 9.97 Å². The third-order valence-electron chi connectivity index (χ3n) is 5.83. The zero-order chi connectivity index (χ0) is 21.4. The largest absolute Gasteiger partial charge is 0.493 e. The molecule has 0 unspecified atom stereocenters. The van der Waals surface area contributed by atoms with Crippen molar-refractivity contribution < 1.29 is 9.47 Å². The van der Waals surface area contributed by atoms with Crippen LogP contribution in [0.4, 0.5) is 0 Å². The number of aryl methyl sites for hydroxylation is 2. The van der Waals surface area contributed by atoms with Crippen molar-refractivity contribution in [3.8, 4) is 22.9 Å². The first-order chi connectivity index (χ1) is 15.1. The molecular weight excluding hydrogens is 408 g/mol. The number of fused-ring (bicyclic) bond motifs is 3. The van der Waals surface area contributed by atoms with Gasteiger partial charge in [-0.25, -0.2) is 4.98 Å². The summed E-state index contributed by atoms with van der Waals surface area (Å²) in [6.45, 7) is 2.01. The van der Waals surface area contributed by atoms with Crippen molar-refractivity contribution >= 4 is 21.6 Å². The van der Waals surface area contributed by atoms with Gasteiger partial charge >= 0.3 is 0 Å². The average molecular weight is 433 g/mol. The lowest BCUT2D eigenvalue weighted by atomic mass is 9.97. The Labute approximate surface area is 184 Å². The van der Waals surface area contributed by atoms with E-state index in [2.05, 4.69) is 4.98 Å². The van der Waals surface area contributed by atoms with Crippen molar-refractivity contribution in [3.63, 3.8) is 0 Å². The minimum atomic E-state index is -0.118. The summed E-state index contributed by atoms with van der Waals surface area (Å²) in [6.07, 6.45) is 4.22. The maximum absolute atomic E-state index is 12.9. The third-order valence-corrected chi connectivity index (χ3v) is 7.02. The van der Waals surface area contributed by atoms with E-state index in [0.29, 0.717) is 17.3 Å². The molecule has 0 radical (unpaired) electrons. The van der Waals surface area contributed by atoms with Gasteiger partial charge in [-0.2, -0.15) is 0 Å². The molecule has 0 saturated carbocycles. The molecule has 2 heterocycles. The van der Waals surface area contributed by atoms with Crippen LogP contribution >= 0.6 is 11.3 Å². The monoisotopic (exact) mass is 432 g/mol. The lowest BCUT2D eigenvalue weighted by Gasteiger charge is -2.18. The van der Waals surface area contributed by atoms with Crippen molar-refractivity contribution in [3.05, 3.63) is 74.9 Å². The predicted octanol–water partition coefficient (Wildman–Crippen LogP) is 5.68. The fourth-order valence-corrected chi connectivity index (χ4v) is 5.46. The quantitative estimate of drug-likeness (QED) is 0.441. The number of thiophene rings is 1. The second-order valence-corrected chi connectivity index (χ2v) is 8.93. The molecule has 2 aromatic carbocycles. The van der Waals surface area contributed by atoms with Crippen LogP contribution in [-0.4, -0.2) is 17.1 Å². The van der Waals surface area contributed by atoms with E-state index in [4.69, 9.17) is 14.5 Å². The van der Waals surface area contributed by atoms with Crippen LogP contribution in [0.15, 0.2) is 53.3 Å². The lowest BCUT2D eigenvalue weighted by Crippen LogP contribution is -2.11. The van der Waals surface area contributed by atoms with Crippen molar-refractivity contribution in [1.29, 1.82) is 0 Å². The van der Waals surface area contributed by atoms with Gasteiger partial charge in [0.25, 0.3) is 5.56 Å². The molecule has 0 spiro atoms. The van der Waals surface area contributed by atoms with Gasteiger partial charge in [-0.1, -0.05) is 30.3 Å². The van der Waals surface area contributed by atoms with Gasteiger partial charge in [0.05, 0.1) is 12.5 Å². The number of ether oxygens (including phenoxy) is 2. The summed E-state index contributed by atoms with van der Waals surface area (Å²) >= 11 is 1.65. The number of aromatic nitrogens is 2. The highest BCUT2D eigenvalue weighted by atomic mass is 32.1. The zero-order valence-electron chi connectivity index (χ0n) is 17.6. The molecule has 5 rings (SSSR count). The topological polar surface area (TPSA) is 64.2 Å². The summed E-state index contributed by atoms with van der Waals surface area (Å²) in [5.41, 5.74) is 3.02. The van der Waals surface area contributed by atoms with Gasteiger partial charge in [-0.15, -0.1) is 11.3 Å². The summed E-state index contributed by atoms with van der Waals surface area (Å²) in [4.78, 5) is 22.8. The molecule has 5 nitrogen and oxygen atoms in total. The normalized spacial score (nSPS) is 14.3. The molecule has 0 saturated heterocycles. The highest BCUT2D eigenvalue weighted by Crippen LogP contribution is 2.36. The van der Waals surface area contributed by atoms with Gasteiger partial charge in [0.1, 0.15) is 16.8 Å². The molecule has 1 aliphatic carbocycles. The number of nitrogens with zero attached hydrogens (tertiary/aromatic N) is 1. The van der Waals surface area contributed by atoms with E-state index in [9.17, 15) is 4.79 Å². The molecule has 31 heavy (non-hydrogen) atoms. The van der Waals surface area contributed by atoms with Crippen molar-refractivity contribution in [2.24, 2.45) is 0 Å². The van der Waals surface area contributed by atoms with E-state index in [1.807, 2.05) is 55.5 Å². The Kier molecular flexibility index (Phi) is 5.24. The van der Waals surface area contributed by atoms with Crippen LogP contribution in [0.1, 0.15) is 41.9 Å².